The molecule has 1 aliphatic carbocycles. The van der Waals surface area contributed by atoms with Gasteiger partial charge in [-0.05, 0) is 53.8 Å². The topological polar surface area (TPSA) is 64.0 Å². The molecular formula is C19H20ClN3O2S2. The van der Waals surface area contributed by atoms with Crippen LogP contribution in [-0.2, 0) is 29.9 Å². The summed E-state index contributed by atoms with van der Waals surface area (Å²) in [5, 5.41) is 1.90. The van der Waals surface area contributed by atoms with Crippen molar-refractivity contribution in [3.8, 4) is 0 Å². The Balaban J connectivity index is 1.74. The molecule has 3 aromatic rings. The van der Waals surface area contributed by atoms with Crippen LogP contribution in [0.2, 0.25) is 5.15 Å². The van der Waals surface area contributed by atoms with E-state index in [9.17, 15) is 8.42 Å². The molecular weight excluding hydrogens is 402 g/mol. The van der Waals surface area contributed by atoms with Gasteiger partial charge in [0, 0.05) is 11.9 Å². The third-order valence-corrected chi connectivity index (χ3v) is 7.74. The van der Waals surface area contributed by atoms with Crippen molar-refractivity contribution in [1.29, 1.82) is 0 Å². The molecule has 142 valence electrons. The number of halogens is 1. The highest BCUT2D eigenvalue weighted by atomic mass is 35.5. The van der Waals surface area contributed by atoms with Crippen LogP contribution in [-0.4, -0.2) is 18.0 Å². The fourth-order valence-electron chi connectivity index (χ4n) is 3.46. The average molecular weight is 422 g/mol. The first-order chi connectivity index (χ1) is 13.0. The fraction of sp³-hybridized carbons (Fsp3) is 0.316. The molecule has 0 aliphatic heterocycles. The predicted octanol–water partition coefficient (Wildman–Crippen LogP) is 4.08. The van der Waals surface area contributed by atoms with Crippen LogP contribution in [0.1, 0.15) is 40.5 Å². The van der Waals surface area contributed by atoms with Crippen molar-refractivity contribution in [1.82, 2.24) is 14.3 Å². The fourth-order valence-corrected chi connectivity index (χ4v) is 5.97. The van der Waals surface area contributed by atoms with Crippen molar-refractivity contribution in [2.75, 3.05) is 0 Å². The van der Waals surface area contributed by atoms with Crippen molar-refractivity contribution < 1.29 is 8.42 Å². The molecule has 5 nitrogen and oxygen atoms in total. The van der Waals surface area contributed by atoms with E-state index in [1.807, 2.05) is 23.6 Å². The van der Waals surface area contributed by atoms with E-state index in [2.05, 4.69) is 21.8 Å². The van der Waals surface area contributed by atoms with Gasteiger partial charge in [-0.1, -0.05) is 35.9 Å². The molecule has 4 rings (SSSR count). The van der Waals surface area contributed by atoms with E-state index in [1.54, 1.807) is 7.05 Å². The summed E-state index contributed by atoms with van der Waals surface area (Å²) in [6, 6.07) is 9.69. The quantitative estimate of drug-likeness (QED) is 0.675. The predicted molar refractivity (Wildman–Crippen MR) is 108 cm³/mol. The number of imidazole rings is 1. The number of nitrogens with one attached hydrogen (secondary N) is 1. The maximum absolute atomic E-state index is 13.0. The van der Waals surface area contributed by atoms with Gasteiger partial charge in [0.15, 0.2) is 0 Å². The van der Waals surface area contributed by atoms with Gasteiger partial charge in [-0.25, -0.2) is 13.4 Å². The molecule has 2 heterocycles. The number of rotatable bonds is 5. The van der Waals surface area contributed by atoms with Gasteiger partial charge in [0.1, 0.15) is 5.15 Å². The molecule has 0 amide bonds. The van der Waals surface area contributed by atoms with Crippen LogP contribution in [0.4, 0.5) is 0 Å². The first-order valence-corrected chi connectivity index (χ1v) is 11.5. The number of nitrogens with zero attached hydrogens (tertiary/aromatic N) is 2. The van der Waals surface area contributed by atoms with Crippen molar-refractivity contribution in [3.63, 3.8) is 0 Å². The number of aromatic nitrogens is 2. The minimum Gasteiger partial charge on any atom is -0.324 e. The standard InChI is InChI=1S/C19H20ClN3O2S2/c1-23-12-21-19(18(23)20)27(24,25)22-17(16-7-4-10-26-16)15-9-8-13-5-2-3-6-14(13)11-15/h4,7-12,17,22H,2-3,5-6H2,1H3/t17-/m0/s1. The lowest BCUT2D eigenvalue weighted by molar-refractivity contribution is 0.569. The maximum Gasteiger partial charge on any atom is 0.262 e. The van der Waals surface area contributed by atoms with E-state index in [0.717, 1.165) is 23.3 Å². The van der Waals surface area contributed by atoms with Gasteiger partial charge in [-0.15, -0.1) is 11.3 Å². The second-order valence-electron chi connectivity index (χ2n) is 6.76. The average Bonchev–Trinajstić information content (AvgIpc) is 3.30. The van der Waals surface area contributed by atoms with Gasteiger partial charge in [0.25, 0.3) is 10.0 Å². The lowest BCUT2D eigenvalue weighted by Gasteiger charge is -2.21. The minimum atomic E-state index is -3.87. The number of hydrogen-bond acceptors (Lipinski definition) is 4. The highest BCUT2D eigenvalue weighted by molar-refractivity contribution is 7.89. The number of benzene rings is 1. The molecule has 0 spiro atoms. The van der Waals surface area contributed by atoms with Crippen LogP contribution < -0.4 is 4.72 Å². The van der Waals surface area contributed by atoms with E-state index in [1.165, 1.54) is 46.2 Å². The summed E-state index contributed by atoms with van der Waals surface area (Å²) in [5.41, 5.74) is 3.62. The van der Waals surface area contributed by atoms with Gasteiger partial charge in [-0.3, -0.25) is 0 Å². The molecule has 27 heavy (non-hydrogen) atoms. The summed E-state index contributed by atoms with van der Waals surface area (Å²) < 4.78 is 30.2. The molecule has 0 fully saturated rings. The molecule has 0 saturated carbocycles. The Morgan fingerprint density at radius 3 is 2.67 bits per heavy atom. The normalized spacial score (nSPS) is 15.5. The number of hydrogen-bond donors (Lipinski definition) is 1. The highest BCUT2D eigenvalue weighted by Crippen LogP contribution is 2.32. The van der Waals surface area contributed by atoms with Crippen LogP contribution in [0.5, 0.6) is 0 Å². The zero-order valence-corrected chi connectivity index (χ0v) is 17.2. The van der Waals surface area contributed by atoms with Crippen molar-refractivity contribution in [2.45, 2.75) is 36.8 Å². The maximum atomic E-state index is 13.0. The van der Waals surface area contributed by atoms with Gasteiger partial charge < -0.3 is 4.57 Å². The molecule has 8 heteroatoms. The molecule has 0 radical (unpaired) electrons. The van der Waals surface area contributed by atoms with Crippen molar-refractivity contribution in [2.24, 2.45) is 7.05 Å². The van der Waals surface area contributed by atoms with Gasteiger partial charge >= 0.3 is 0 Å². The van der Waals surface area contributed by atoms with E-state index in [-0.39, 0.29) is 10.2 Å². The second-order valence-corrected chi connectivity index (χ2v) is 9.72. The summed E-state index contributed by atoms with van der Waals surface area (Å²) in [5.74, 6) is 0. The number of fused-ring (bicyclic) bond motifs is 1. The minimum absolute atomic E-state index is 0.0953. The Hall–Kier alpha value is -1.67. The van der Waals surface area contributed by atoms with Gasteiger partial charge in [0.2, 0.25) is 5.03 Å². The summed E-state index contributed by atoms with van der Waals surface area (Å²) in [6.07, 6.45) is 5.92. The van der Waals surface area contributed by atoms with E-state index < -0.39 is 16.1 Å². The molecule has 1 aromatic carbocycles. The third-order valence-electron chi connectivity index (χ3n) is 4.90. The van der Waals surface area contributed by atoms with Gasteiger partial charge in [-0.2, -0.15) is 4.72 Å². The van der Waals surface area contributed by atoms with E-state index >= 15 is 0 Å². The molecule has 0 unspecified atom stereocenters. The van der Waals surface area contributed by atoms with Crippen molar-refractivity contribution in [3.05, 3.63) is 68.8 Å². The summed E-state index contributed by atoms with van der Waals surface area (Å²) in [7, 11) is -2.21. The van der Waals surface area contributed by atoms with Crippen molar-refractivity contribution >= 4 is 33.0 Å². The molecule has 2 aromatic heterocycles. The highest BCUT2D eigenvalue weighted by Gasteiger charge is 2.28. The Morgan fingerprint density at radius 2 is 2.00 bits per heavy atom. The molecule has 1 N–H and O–H groups in total. The summed E-state index contributed by atoms with van der Waals surface area (Å²) in [4.78, 5) is 4.90. The van der Waals surface area contributed by atoms with Gasteiger partial charge in [0.05, 0.1) is 12.4 Å². The van der Waals surface area contributed by atoms with Crippen LogP contribution >= 0.6 is 22.9 Å². The smallest absolute Gasteiger partial charge is 0.262 e. The Labute approximate surface area is 168 Å². The second kappa shape index (κ2) is 7.39. The van der Waals surface area contributed by atoms with Crippen LogP contribution in [0.15, 0.2) is 47.1 Å². The first kappa shape index (κ1) is 18.7. The Morgan fingerprint density at radius 1 is 1.22 bits per heavy atom. The lowest BCUT2D eigenvalue weighted by Crippen LogP contribution is -2.29. The van der Waals surface area contributed by atoms with Crippen LogP contribution in [0.3, 0.4) is 0 Å². The van der Waals surface area contributed by atoms with E-state index in [0.29, 0.717) is 0 Å². The molecule has 1 atom stereocenters. The number of sulfonamides is 1. The third kappa shape index (κ3) is 3.69. The molecule has 0 bridgehead atoms. The van der Waals surface area contributed by atoms with Crippen LogP contribution in [0, 0.1) is 0 Å². The van der Waals surface area contributed by atoms with E-state index in [4.69, 9.17) is 11.6 Å². The van der Waals surface area contributed by atoms with Crippen LogP contribution in [0.25, 0.3) is 0 Å². The molecule has 1 aliphatic rings. The first-order valence-electron chi connectivity index (χ1n) is 8.80. The summed E-state index contributed by atoms with van der Waals surface area (Å²) >= 11 is 7.65. The lowest BCUT2D eigenvalue weighted by atomic mass is 9.89. The Bertz CT molecular complexity index is 1060. The Kier molecular flexibility index (Phi) is 5.11. The number of aryl methyl sites for hydroxylation is 3. The zero-order valence-electron chi connectivity index (χ0n) is 14.9. The SMILES string of the molecule is Cn1cnc(S(=O)(=O)N[C@@H](c2ccc3c(c2)CCCC3)c2cccs2)c1Cl. The largest absolute Gasteiger partial charge is 0.324 e. The zero-order chi connectivity index (χ0) is 19.0. The monoisotopic (exact) mass is 421 g/mol. The summed E-state index contributed by atoms with van der Waals surface area (Å²) in [6.45, 7) is 0. The molecule has 0 saturated heterocycles. The number of thiophene rings is 1.